The van der Waals surface area contributed by atoms with E-state index < -0.39 is 0 Å². The molecule has 102 valence electrons. The first-order valence-corrected chi connectivity index (χ1v) is 8.27. The summed E-state index contributed by atoms with van der Waals surface area (Å²) in [6.45, 7) is 2.13. The summed E-state index contributed by atoms with van der Waals surface area (Å²) in [5.74, 6) is 1.04. The van der Waals surface area contributed by atoms with Crippen molar-refractivity contribution >= 4 is 33.0 Å². The number of thiophene rings is 1. The van der Waals surface area contributed by atoms with Gasteiger partial charge in [-0.1, -0.05) is 48.0 Å². The molecule has 1 atom stereocenters. The maximum atomic E-state index is 6.23. The molecule has 0 bridgehead atoms. The summed E-state index contributed by atoms with van der Waals surface area (Å²) in [5.41, 5.74) is 4.06. The second-order valence-corrected chi connectivity index (χ2v) is 6.45. The van der Waals surface area contributed by atoms with Gasteiger partial charge in [0.25, 0.3) is 0 Å². The zero-order valence-corrected chi connectivity index (χ0v) is 13.0. The molecule has 0 nitrogen and oxygen atoms in total. The van der Waals surface area contributed by atoms with Gasteiger partial charge in [0.15, 0.2) is 0 Å². The third-order valence-electron chi connectivity index (χ3n) is 3.73. The number of hydrogen-bond acceptors (Lipinski definition) is 1. The van der Waals surface area contributed by atoms with Crippen LogP contribution in [0.25, 0.3) is 10.1 Å². The molecule has 1 unspecified atom stereocenters. The maximum Gasteiger partial charge on any atom is 0.0345 e. The van der Waals surface area contributed by atoms with Gasteiger partial charge in [-0.05, 0) is 41.3 Å². The Morgan fingerprint density at radius 3 is 2.75 bits per heavy atom. The third kappa shape index (κ3) is 2.74. The van der Waals surface area contributed by atoms with Crippen molar-refractivity contribution in [2.24, 2.45) is 0 Å². The average Bonchev–Trinajstić information content (AvgIpc) is 2.88. The van der Waals surface area contributed by atoms with Gasteiger partial charge < -0.3 is 0 Å². The van der Waals surface area contributed by atoms with Crippen LogP contribution in [0.3, 0.4) is 0 Å². The van der Waals surface area contributed by atoms with Crippen LogP contribution in [0.2, 0.25) is 0 Å². The molecule has 0 saturated heterocycles. The quantitative estimate of drug-likeness (QED) is 0.536. The predicted molar refractivity (Wildman–Crippen MR) is 90.2 cm³/mol. The van der Waals surface area contributed by atoms with Crippen molar-refractivity contribution in [3.63, 3.8) is 0 Å². The Hall–Kier alpha value is -1.31. The van der Waals surface area contributed by atoms with E-state index in [0.29, 0.717) is 11.8 Å². The number of fused-ring (bicyclic) bond motifs is 1. The van der Waals surface area contributed by atoms with Crippen LogP contribution in [-0.4, -0.2) is 5.88 Å². The fourth-order valence-electron chi connectivity index (χ4n) is 2.64. The number of rotatable bonds is 4. The molecule has 0 fully saturated rings. The lowest BCUT2D eigenvalue weighted by molar-refractivity contribution is 0.771. The number of aryl methyl sites for hydroxylation is 1. The van der Waals surface area contributed by atoms with Crippen LogP contribution in [0.5, 0.6) is 0 Å². The monoisotopic (exact) mass is 300 g/mol. The normalized spacial score (nSPS) is 12.7. The van der Waals surface area contributed by atoms with Gasteiger partial charge in [0.1, 0.15) is 0 Å². The number of hydrogen-bond donors (Lipinski definition) is 0. The van der Waals surface area contributed by atoms with Gasteiger partial charge in [-0.15, -0.1) is 22.9 Å². The summed E-state index contributed by atoms with van der Waals surface area (Å²) in [6.07, 6.45) is 1.01. The first-order valence-electron chi connectivity index (χ1n) is 6.85. The lowest BCUT2D eigenvalue weighted by Crippen LogP contribution is -2.04. The molecule has 0 spiro atoms. The van der Waals surface area contributed by atoms with Crippen LogP contribution < -0.4 is 0 Å². The number of benzene rings is 2. The Bertz CT molecular complexity index is 714. The molecule has 0 N–H and O–H groups in total. The third-order valence-corrected chi connectivity index (χ3v) is 5.11. The molecule has 3 rings (SSSR count). The highest BCUT2D eigenvalue weighted by molar-refractivity contribution is 7.17. The highest BCUT2D eigenvalue weighted by Gasteiger charge is 2.14. The summed E-state index contributed by atoms with van der Waals surface area (Å²) < 4.78 is 1.36. The molecule has 2 aromatic carbocycles. The Kier molecular flexibility index (Phi) is 4.09. The van der Waals surface area contributed by atoms with Gasteiger partial charge in [0.05, 0.1) is 0 Å². The van der Waals surface area contributed by atoms with E-state index >= 15 is 0 Å². The van der Waals surface area contributed by atoms with Crippen LogP contribution in [0.4, 0.5) is 0 Å². The largest absolute Gasteiger partial charge is 0.144 e. The lowest BCUT2D eigenvalue weighted by Gasteiger charge is -2.14. The van der Waals surface area contributed by atoms with Crippen LogP contribution in [0, 0.1) is 6.92 Å². The van der Waals surface area contributed by atoms with Crippen LogP contribution in [-0.2, 0) is 6.42 Å². The van der Waals surface area contributed by atoms with Gasteiger partial charge in [0, 0.05) is 16.5 Å². The van der Waals surface area contributed by atoms with Crippen molar-refractivity contribution < 1.29 is 0 Å². The maximum absolute atomic E-state index is 6.23. The van der Waals surface area contributed by atoms with Crippen molar-refractivity contribution in [3.8, 4) is 0 Å². The Morgan fingerprint density at radius 2 is 1.95 bits per heavy atom. The van der Waals surface area contributed by atoms with E-state index in [1.54, 1.807) is 0 Å². The van der Waals surface area contributed by atoms with Gasteiger partial charge in [-0.3, -0.25) is 0 Å². The summed E-state index contributed by atoms with van der Waals surface area (Å²) in [5, 5.41) is 3.65. The fraction of sp³-hybridized carbons (Fsp3) is 0.222. The minimum absolute atomic E-state index is 0.384. The van der Waals surface area contributed by atoms with Crippen molar-refractivity contribution in [2.75, 3.05) is 5.88 Å². The number of alkyl halides is 1. The van der Waals surface area contributed by atoms with E-state index in [-0.39, 0.29) is 0 Å². The lowest BCUT2D eigenvalue weighted by atomic mass is 9.92. The summed E-state index contributed by atoms with van der Waals surface area (Å²) in [4.78, 5) is 0. The zero-order valence-electron chi connectivity index (χ0n) is 11.5. The van der Waals surface area contributed by atoms with Gasteiger partial charge >= 0.3 is 0 Å². The molecule has 2 heteroatoms. The van der Waals surface area contributed by atoms with E-state index in [0.717, 1.165) is 6.42 Å². The van der Waals surface area contributed by atoms with Crippen molar-refractivity contribution in [3.05, 3.63) is 70.6 Å². The topological polar surface area (TPSA) is 0 Å². The van der Waals surface area contributed by atoms with Crippen LogP contribution in [0.1, 0.15) is 22.6 Å². The zero-order chi connectivity index (χ0) is 13.9. The highest BCUT2D eigenvalue weighted by atomic mass is 35.5. The summed E-state index contributed by atoms with van der Waals surface area (Å²) in [6, 6.07) is 17.3. The first kappa shape index (κ1) is 13.7. The SMILES string of the molecule is Cc1cccc(C(CCl)Cc2csc3ccccc23)c1. The van der Waals surface area contributed by atoms with E-state index in [1.807, 2.05) is 11.3 Å². The predicted octanol–water partition coefficient (Wildman–Crippen LogP) is 5.77. The second-order valence-electron chi connectivity index (χ2n) is 5.23. The minimum atomic E-state index is 0.384. The molecule has 1 heterocycles. The second kappa shape index (κ2) is 5.99. The number of halogens is 1. The molecule has 3 aromatic rings. The highest BCUT2D eigenvalue weighted by Crippen LogP contribution is 2.31. The molecule has 0 aliphatic rings. The Balaban J connectivity index is 1.92. The Labute approximate surface area is 129 Å². The molecule has 20 heavy (non-hydrogen) atoms. The van der Waals surface area contributed by atoms with E-state index in [4.69, 9.17) is 11.6 Å². The van der Waals surface area contributed by atoms with Crippen molar-refractivity contribution in [1.82, 2.24) is 0 Å². The smallest absolute Gasteiger partial charge is 0.0345 e. The van der Waals surface area contributed by atoms with Crippen molar-refractivity contribution in [2.45, 2.75) is 19.3 Å². The molecule has 0 radical (unpaired) electrons. The molecular weight excluding hydrogens is 284 g/mol. The molecule has 1 aromatic heterocycles. The van der Waals surface area contributed by atoms with Gasteiger partial charge in [-0.2, -0.15) is 0 Å². The fourth-order valence-corrected chi connectivity index (χ4v) is 3.90. The Morgan fingerprint density at radius 1 is 1.10 bits per heavy atom. The molecule has 0 saturated carbocycles. The van der Waals surface area contributed by atoms with Gasteiger partial charge in [-0.25, -0.2) is 0 Å². The van der Waals surface area contributed by atoms with Crippen LogP contribution >= 0.6 is 22.9 Å². The standard InChI is InChI=1S/C18H17ClS/c1-13-5-4-6-14(9-13)15(11-19)10-16-12-20-18-8-3-2-7-17(16)18/h2-9,12,15H,10-11H2,1H3. The summed E-state index contributed by atoms with van der Waals surface area (Å²) in [7, 11) is 0. The first-order chi connectivity index (χ1) is 9.78. The minimum Gasteiger partial charge on any atom is -0.144 e. The molecular formula is C18H17ClS. The average molecular weight is 301 g/mol. The van der Waals surface area contributed by atoms with Gasteiger partial charge in [0.2, 0.25) is 0 Å². The van der Waals surface area contributed by atoms with E-state index in [2.05, 4.69) is 60.8 Å². The molecule has 0 aliphatic heterocycles. The van der Waals surface area contributed by atoms with E-state index in [9.17, 15) is 0 Å². The van der Waals surface area contributed by atoms with Crippen LogP contribution in [0.15, 0.2) is 53.9 Å². The van der Waals surface area contributed by atoms with Crippen molar-refractivity contribution in [1.29, 1.82) is 0 Å². The van der Waals surface area contributed by atoms with E-state index in [1.165, 1.54) is 26.8 Å². The summed E-state index contributed by atoms with van der Waals surface area (Å²) >= 11 is 8.05. The molecule has 0 aliphatic carbocycles. The molecule has 0 amide bonds.